The number of nitrogens with one attached hydrogen (secondary N) is 1. The molecule has 1 aromatic rings. The summed E-state index contributed by atoms with van der Waals surface area (Å²) in [5, 5.41) is 3.50. The number of morpholine rings is 1. The molecule has 2 aliphatic heterocycles. The fourth-order valence-electron chi connectivity index (χ4n) is 3.20. The first kappa shape index (κ1) is 15.3. The van der Waals surface area contributed by atoms with Crippen molar-refractivity contribution in [1.82, 2.24) is 4.90 Å². The lowest BCUT2D eigenvalue weighted by Gasteiger charge is -2.26. The van der Waals surface area contributed by atoms with Crippen molar-refractivity contribution in [3.8, 4) is 0 Å². The number of rotatable bonds is 5. The maximum atomic E-state index is 11.6. The Morgan fingerprint density at radius 3 is 2.86 bits per heavy atom. The van der Waals surface area contributed by atoms with Crippen LogP contribution in [0.2, 0.25) is 0 Å². The molecule has 1 saturated heterocycles. The minimum Gasteiger partial charge on any atom is -0.385 e. The molecule has 2 heterocycles. The summed E-state index contributed by atoms with van der Waals surface area (Å²) < 4.78 is 5.36. The van der Waals surface area contributed by atoms with Gasteiger partial charge >= 0.3 is 0 Å². The molecular formula is C17H25N3O2. The molecule has 2 aliphatic rings. The molecule has 1 fully saturated rings. The van der Waals surface area contributed by atoms with E-state index in [1.54, 1.807) is 6.92 Å². The summed E-state index contributed by atoms with van der Waals surface area (Å²) in [6.07, 6.45) is 2.09. The van der Waals surface area contributed by atoms with E-state index >= 15 is 0 Å². The van der Waals surface area contributed by atoms with Crippen LogP contribution in [0.3, 0.4) is 0 Å². The summed E-state index contributed by atoms with van der Waals surface area (Å²) in [5.41, 5.74) is 3.51. The summed E-state index contributed by atoms with van der Waals surface area (Å²) in [6, 6.07) is 6.33. The Balaban J connectivity index is 1.46. The molecule has 0 saturated carbocycles. The monoisotopic (exact) mass is 303 g/mol. The molecule has 0 spiro atoms. The second kappa shape index (κ2) is 7.11. The molecule has 0 unspecified atom stereocenters. The van der Waals surface area contributed by atoms with Crippen LogP contribution in [0, 0.1) is 0 Å². The number of hydrogen-bond donors (Lipinski definition) is 1. The fraction of sp³-hybridized carbons (Fsp3) is 0.588. The van der Waals surface area contributed by atoms with Crippen molar-refractivity contribution in [2.24, 2.45) is 0 Å². The van der Waals surface area contributed by atoms with Crippen LogP contribution in [0.15, 0.2) is 18.2 Å². The highest BCUT2D eigenvalue weighted by atomic mass is 16.5. The standard InChI is InChI=1S/C17H25N3O2/c1-14(21)20-8-5-15-13-16(3-4-17(15)20)18-6-2-7-19-9-11-22-12-10-19/h3-4,13,18H,2,5-12H2,1H3. The summed E-state index contributed by atoms with van der Waals surface area (Å²) in [6.45, 7) is 8.39. The molecule has 3 rings (SSSR count). The van der Waals surface area contributed by atoms with Gasteiger partial charge in [0.2, 0.25) is 5.91 Å². The van der Waals surface area contributed by atoms with Gasteiger partial charge in [-0.2, -0.15) is 0 Å². The normalized spacial score (nSPS) is 18.3. The highest BCUT2D eigenvalue weighted by Gasteiger charge is 2.21. The Kier molecular flexibility index (Phi) is 4.95. The molecule has 0 radical (unpaired) electrons. The number of anilines is 2. The van der Waals surface area contributed by atoms with Crippen LogP contribution in [0.1, 0.15) is 18.9 Å². The molecular weight excluding hydrogens is 278 g/mol. The van der Waals surface area contributed by atoms with Gasteiger partial charge in [-0.3, -0.25) is 9.69 Å². The first-order chi connectivity index (χ1) is 10.7. The highest BCUT2D eigenvalue weighted by molar-refractivity contribution is 5.94. The van der Waals surface area contributed by atoms with Crippen molar-refractivity contribution in [3.63, 3.8) is 0 Å². The van der Waals surface area contributed by atoms with Crippen LogP contribution >= 0.6 is 0 Å². The highest BCUT2D eigenvalue weighted by Crippen LogP contribution is 2.30. The number of amides is 1. The third-order valence-electron chi connectivity index (χ3n) is 4.44. The Morgan fingerprint density at radius 1 is 1.27 bits per heavy atom. The maximum absolute atomic E-state index is 11.6. The largest absolute Gasteiger partial charge is 0.385 e. The number of fused-ring (bicyclic) bond motifs is 1. The van der Waals surface area contributed by atoms with Gasteiger partial charge in [-0.05, 0) is 43.1 Å². The van der Waals surface area contributed by atoms with Crippen LogP contribution < -0.4 is 10.2 Å². The fourth-order valence-corrected chi connectivity index (χ4v) is 3.20. The predicted octanol–water partition coefficient (Wildman–Crippen LogP) is 1.73. The van der Waals surface area contributed by atoms with Gasteiger partial charge in [-0.15, -0.1) is 0 Å². The Hall–Kier alpha value is -1.59. The number of carbonyl (C=O) groups is 1. The van der Waals surface area contributed by atoms with Crippen molar-refractivity contribution >= 4 is 17.3 Å². The van der Waals surface area contributed by atoms with E-state index in [4.69, 9.17) is 4.74 Å². The molecule has 22 heavy (non-hydrogen) atoms. The number of carbonyl (C=O) groups excluding carboxylic acids is 1. The molecule has 1 aromatic carbocycles. The van der Waals surface area contributed by atoms with Crippen LogP contribution in [0.5, 0.6) is 0 Å². The second-order valence-electron chi connectivity index (χ2n) is 6.00. The van der Waals surface area contributed by atoms with E-state index in [2.05, 4.69) is 28.4 Å². The van der Waals surface area contributed by atoms with E-state index in [0.29, 0.717) is 0 Å². The molecule has 5 nitrogen and oxygen atoms in total. The van der Waals surface area contributed by atoms with E-state index in [1.165, 1.54) is 5.56 Å². The van der Waals surface area contributed by atoms with Crippen molar-refractivity contribution in [3.05, 3.63) is 23.8 Å². The number of hydrogen-bond acceptors (Lipinski definition) is 4. The number of nitrogens with zero attached hydrogens (tertiary/aromatic N) is 2. The summed E-state index contributed by atoms with van der Waals surface area (Å²) in [5.74, 6) is 0.130. The average molecular weight is 303 g/mol. The van der Waals surface area contributed by atoms with E-state index < -0.39 is 0 Å². The van der Waals surface area contributed by atoms with Crippen molar-refractivity contribution in [2.45, 2.75) is 19.8 Å². The Morgan fingerprint density at radius 2 is 2.09 bits per heavy atom. The number of benzene rings is 1. The maximum Gasteiger partial charge on any atom is 0.223 e. The van der Waals surface area contributed by atoms with Gasteiger partial charge < -0.3 is 15.0 Å². The molecule has 0 aromatic heterocycles. The zero-order valence-corrected chi connectivity index (χ0v) is 13.3. The SMILES string of the molecule is CC(=O)N1CCc2cc(NCCCN3CCOCC3)ccc21. The van der Waals surface area contributed by atoms with Crippen LogP contribution in [0.4, 0.5) is 11.4 Å². The molecule has 0 aliphatic carbocycles. The molecule has 0 bridgehead atoms. The minimum absolute atomic E-state index is 0.130. The molecule has 0 atom stereocenters. The lowest BCUT2D eigenvalue weighted by atomic mass is 10.1. The van der Waals surface area contributed by atoms with Gasteiger partial charge in [0.05, 0.1) is 13.2 Å². The van der Waals surface area contributed by atoms with Crippen molar-refractivity contribution in [2.75, 3.05) is 56.2 Å². The third-order valence-corrected chi connectivity index (χ3v) is 4.44. The topological polar surface area (TPSA) is 44.8 Å². The van der Waals surface area contributed by atoms with Gasteiger partial charge in [-0.25, -0.2) is 0 Å². The first-order valence-corrected chi connectivity index (χ1v) is 8.19. The smallest absolute Gasteiger partial charge is 0.223 e. The average Bonchev–Trinajstić information content (AvgIpc) is 2.96. The first-order valence-electron chi connectivity index (χ1n) is 8.19. The Bertz CT molecular complexity index is 527. The van der Waals surface area contributed by atoms with E-state index in [1.807, 2.05) is 4.90 Å². The summed E-state index contributed by atoms with van der Waals surface area (Å²) in [7, 11) is 0. The zero-order chi connectivity index (χ0) is 15.4. The lowest BCUT2D eigenvalue weighted by molar-refractivity contribution is -0.116. The molecule has 5 heteroatoms. The van der Waals surface area contributed by atoms with Gasteiger partial charge in [0.15, 0.2) is 0 Å². The third kappa shape index (κ3) is 3.59. The van der Waals surface area contributed by atoms with Crippen molar-refractivity contribution in [1.29, 1.82) is 0 Å². The van der Waals surface area contributed by atoms with Gasteiger partial charge in [0, 0.05) is 44.5 Å². The molecule has 120 valence electrons. The lowest BCUT2D eigenvalue weighted by Crippen LogP contribution is -2.37. The van der Waals surface area contributed by atoms with Gasteiger partial charge in [0.25, 0.3) is 0 Å². The predicted molar refractivity (Wildman–Crippen MR) is 88.5 cm³/mol. The summed E-state index contributed by atoms with van der Waals surface area (Å²) in [4.78, 5) is 15.9. The Labute approximate surface area is 132 Å². The van der Waals surface area contributed by atoms with Gasteiger partial charge in [-0.1, -0.05) is 0 Å². The van der Waals surface area contributed by atoms with E-state index in [9.17, 15) is 4.79 Å². The zero-order valence-electron chi connectivity index (χ0n) is 13.3. The summed E-state index contributed by atoms with van der Waals surface area (Å²) >= 11 is 0. The quantitative estimate of drug-likeness (QED) is 0.842. The van der Waals surface area contributed by atoms with Crippen molar-refractivity contribution < 1.29 is 9.53 Å². The van der Waals surface area contributed by atoms with Gasteiger partial charge in [0.1, 0.15) is 0 Å². The van der Waals surface area contributed by atoms with E-state index in [0.717, 1.165) is 70.2 Å². The second-order valence-corrected chi connectivity index (χ2v) is 6.00. The van der Waals surface area contributed by atoms with Crippen LogP contribution in [-0.4, -0.2) is 56.7 Å². The van der Waals surface area contributed by atoms with Crippen LogP contribution in [-0.2, 0) is 16.0 Å². The van der Waals surface area contributed by atoms with E-state index in [-0.39, 0.29) is 5.91 Å². The number of ether oxygens (including phenoxy) is 1. The molecule has 1 amide bonds. The minimum atomic E-state index is 0.130. The van der Waals surface area contributed by atoms with Crippen LogP contribution in [0.25, 0.3) is 0 Å². The molecule has 1 N–H and O–H groups in total.